The number of benzene rings is 1. The van der Waals surface area contributed by atoms with Gasteiger partial charge in [-0.05, 0) is 44.0 Å². The Labute approximate surface area is 184 Å². The van der Waals surface area contributed by atoms with Crippen LogP contribution in [0.4, 0.5) is 4.79 Å². The van der Waals surface area contributed by atoms with E-state index in [9.17, 15) is 18.0 Å². The van der Waals surface area contributed by atoms with Crippen LogP contribution in [0.15, 0.2) is 51.8 Å². The summed E-state index contributed by atoms with van der Waals surface area (Å²) in [6.45, 7) is 1.67. The minimum atomic E-state index is -3.87. The van der Waals surface area contributed by atoms with Gasteiger partial charge in [-0.1, -0.05) is 24.6 Å². The number of furan rings is 1. The van der Waals surface area contributed by atoms with Crippen LogP contribution in [0.1, 0.15) is 25.0 Å². The van der Waals surface area contributed by atoms with Crippen LogP contribution in [0.3, 0.4) is 0 Å². The average Bonchev–Trinajstić information content (AvgIpc) is 3.43. The van der Waals surface area contributed by atoms with Gasteiger partial charge in [0.1, 0.15) is 21.7 Å². The Hall–Kier alpha value is -3.24. The van der Waals surface area contributed by atoms with E-state index < -0.39 is 27.5 Å². The monoisotopic (exact) mass is 454 g/mol. The second-order valence-electron chi connectivity index (χ2n) is 8.25. The molecule has 1 saturated carbocycles. The van der Waals surface area contributed by atoms with Crippen molar-refractivity contribution in [3.8, 4) is 11.5 Å². The molecule has 10 heteroatoms. The fourth-order valence-corrected chi connectivity index (χ4v) is 5.95. The largest absolute Gasteiger partial charge is 0.454 e. The first-order chi connectivity index (χ1) is 15.3. The summed E-state index contributed by atoms with van der Waals surface area (Å²) in [6.07, 6.45) is 1.86. The van der Waals surface area contributed by atoms with Crippen molar-refractivity contribution in [3.05, 3.63) is 48.2 Å². The molecule has 5 rings (SSSR count). The van der Waals surface area contributed by atoms with E-state index in [0.717, 1.165) is 17.4 Å². The van der Waals surface area contributed by atoms with E-state index in [1.165, 1.54) is 6.07 Å². The molecule has 3 N–H and O–H groups in total. The van der Waals surface area contributed by atoms with E-state index in [4.69, 9.17) is 4.42 Å². The van der Waals surface area contributed by atoms with Gasteiger partial charge in [0, 0.05) is 17.8 Å². The van der Waals surface area contributed by atoms with E-state index in [0.29, 0.717) is 30.0 Å². The predicted octanol–water partition coefficient (Wildman–Crippen LogP) is 2.46. The highest BCUT2D eigenvalue weighted by Gasteiger charge is 2.54. The summed E-state index contributed by atoms with van der Waals surface area (Å²) in [4.78, 5) is 28.5. The molecule has 2 unspecified atom stereocenters. The van der Waals surface area contributed by atoms with Crippen molar-refractivity contribution in [3.63, 3.8) is 0 Å². The Morgan fingerprint density at radius 2 is 2.03 bits per heavy atom. The van der Waals surface area contributed by atoms with Gasteiger partial charge in [-0.25, -0.2) is 22.9 Å². The molecule has 32 heavy (non-hydrogen) atoms. The zero-order chi connectivity index (χ0) is 22.5. The molecule has 3 amide bonds. The first kappa shape index (κ1) is 20.7. The standard InChI is InChI=1S/C22H22N4O5S/c1-13-19(9-8-16(24-13)18-11-14-5-2-3-7-17(14)31-18)32(29,30)23-12-15-6-4-10-22(15)20(27)25-21(28)26-22/h2-3,5,7-9,11,15,23H,4,6,10,12H2,1H3,(H2,25,26,27,28). The van der Waals surface area contributed by atoms with E-state index in [1.54, 1.807) is 13.0 Å². The van der Waals surface area contributed by atoms with E-state index in [-0.39, 0.29) is 17.4 Å². The molecular weight excluding hydrogens is 432 g/mol. The molecular formula is C22H22N4O5S. The molecule has 1 spiro atoms. The van der Waals surface area contributed by atoms with Gasteiger partial charge in [0.25, 0.3) is 5.91 Å². The van der Waals surface area contributed by atoms with Crippen LogP contribution in [-0.2, 0) is 14.8 Å². The third-order valence-corrected chi connectivity index (χ3v) is 7.87. The van der Waals surface area contributed by atoms with Gasteiger partial charge >= 0.3 is 6.03 Å². The molecule has 1 aromatic carbocycles. The quantitative estimate of drug-likeness (QED) is 0.508. The summed E-state index contributed by atoms with van der Waals surface area (Å²) in [6, 6.07) is 12.0. The lowest BCUT2D eigenvalue weighted by Gasteiger charge is -2.28. The topological polar surface area (TPSA) is 130 Å². The Kier molecular flexibility index (Phi) is 4.79. The number of sulfonamides is 1. The lowest BCUT2D eigenvalue weighted by Crippen LogP contribution is -2.53. The number of hydrogen-bond donors (Lipinski definition) is 3. The van der Waals surface area contributed by atoms with Gasteiger partial charge < -0.3 is 9.73 Å². The van der Waals surface area contributed by atoms with E-state index in [2.05, 4.69) is 20.3 Å². The molecule has 2 atom stereocenters. The summed E-state index contributed by atoms with van der Waals surface area (Å²) < 4.78 is 34.4. The first-order valence-corrected chi connectivity index (χ1v) is 11.9. The third kappa shape index (κ3) is 3.35. The number of rotatable bonds is 5. The number of aromatic nitrogens is 1. The maximum atomic E-state index is 13.0. The normalized spacial score (nSPS) is 23.1. The van der Waals surface area contributed by atoms with Crippen LogP contribution < -0.4 is 15.4 Å². The third-order valence-electron chi connectivity index (χ3n) is 6.31. The zero-order valence-corrected chi connectivity index (χ0v) is 18.2. The van der Waals surface area contributed by atoms with Crippen LogP contribution in [0.25, 0.3) is 22.4 Å². The smallest absolute Gasteiger partial charge is 0.322 e. The highest BCUT2D eigenvalue weighted by atomic mass is 32.2. The molecule has 166 valence electrons. The summed E-state index contributed by atoms with van der Waals surface area (Å²) >= 11 is 0. The molecule has 1 aliphatic heterocycles. The van der Waals surface area contributed by atoms with Crippen molar-refractivity contribution >= 4 is 32.9 Å². The number of fused-ring (bicyclic) bond motifs is 1. The van der Waals surface area contributed by atoms with Crippen LogP contribution in [0, 0.1) is 12.8 Å². The van der Waals surface area contributed by atoms with Crippen molar-refractivity contribution < 1.29 is 22.4 Å². The van der Waals surface area contributed by atoms with Crippen molar-refractivity contribution in [2.75, 3.05) is 6.54 Å². The Morgan fingerprint density at radius 3 is 2.75 bits per heavy atom. The summed E-state index contributed by atoms with van der Waals surface area (Å²) in [5.41, 5.74) is 0.563. The highest BCUT2D eigenvalue weighted by Crippen LogP contribution is 2.38. The van der Waals surface area contributed by atoms with Gasteiger partial charge in [0.05, 0.1) is 5.69 Å². The number of imide groups is 1. The maximum Gasteiger partial charge on any atom is 0.322 e. The minimum Gasteiger partial charge on any atom is -0.454 e. The molecule has 0 bridgehead atoms. The van der Waals surface area contributed by atoms with Crippen LogP contribution >= 0.6 is 0 Å². The van der Waals surface area contributed by atoms with Crippen molar-refractivity contribution in [1.29, 1.82) is 0 Å². The summed E-state index contributed by atoms with van der Waals surface area (Å²) in [5.74, 6) is -0.161. The van der Waals surface area contributed by atoms with E-state index >= 15 is 0 Å². The fraction of sp³-hybridized carbons (Fsp3) is 0.318. The Morgan fingerprint density at radius 1 is 1.22 bits per heavy atom. The fourth-order valence-electron chi connectivity index (χ4n) is 4.69. The van der Waals surface area contributed by atoms with Gasteiger partial charge in [0.15, 0.2) is 5.76 Å². The van der Waals surface area contributed by atoms with Gasteiger partial charge in [0.2, 0.25) is 10.0 Å². The molecule has 1 saturated heterocycles. The van der Waals surface area contributed by atoms with Gasteiger partial charge in [-0.3, -0.25) is 10.1 Å². The van der Waals surface area contributed by atoms with E-state index in [1.807, 2.05) is 30.3 Å². The molecule has 2 fully saturated rings. The van der Waals surface area contributed by atoms with Crippen molar-refractivity contribution in [1.82, 2.24) is 20.3 Å². The number of aryl methyl sites for hydroxylation is 1. The van der Waals surface area contributed by atoms with Gasteiger partial charge in [-0.2, -0.15) is 0 Å². The first-order valence-electron chi connectivity index (χ1n) is 10.4. The molecule has 0 radical (unpaired) electrons. The van der Waals surface area contributed by atoms with Gasteiger partial charge in [-0.15, -0.1) is 0 Å². The average molecular weight is 455 g/mol. The number of carbonyl (C=O) groups excluding carboxylic acids is 2. The lowest BCUT2D eigenvalue weighted by molar-refractivity contribution is -0.125. The van der Waals surface area contributed by atoms with Crippen molar-refractivity contribution in [2.45, 2.75) is 36.6 Å². The maximum absolute atomic E-state index is 13.0. The zero-order valence-electron chi connectivity index (χ0n) is 17.3. The SMILES string of the molecule is Cc1nc(-c2cc3ccccc3o2)ccc1S(=O)(=O)NCC1CCCC12NC(=O)NC2=O. The Balaban J connectivity index is 1.36. The number of urea groups is 1. The molecule has 2 aliphatic rings. The number of pyridine rings is 1. The number of carbonyl (C=O) groups is 2. The number of para-hydroxylation sites is 1. The lowest BCUT2D eigenvalue weighted by atomic mass is 9.87. The summed E-state index contributed by atoms with van der Waals surface area (Å²) in [5, 5.41) is 5.90. The number of hydrogen-bond acceptors (Lipinski definition) is 6. The Bertz CT molecular complexity index is 1320. The van der Waals surface area contributed by atoms with Crippen molar-refractivity contribution in [2.24, 2.45) is 5.92 Å². The van der Waals surface area contributed by atoms with Crippen LogP contribution in [-0.4, -0.2) is 37.4 Å². The predicted molar refractivity (Wildman–Crippen MR) is 116 cm³/mol. The summed E-state index contributed by atoms with van der Waals surface area (Å²) in [7, 11) is -3.87. The van der Waals surface area contributed by atoms with Crippen LogP contribution in [0.2, 0.25) is 0 Å². The number of nitrogens with one attached hydrogen (secondary N) is 3. The second kappa shape index (κ2) is 7.42. The number of nitrogens with zero attached hydrogens (tertiary/aromatic N) is 1. The number of amides is 3. The highest BCUT2D eigenvalue weighted by molar-refractivity contribution is 7.89. The second-order valence-corrected chi connectivity index (χ2v) is 9.98. The molecule has 9 nitrogen and oxygen atoms in total. The minimum absolute atomic E-state index is 0.0425. The molecule has 3 heterocycles. The van der Waals surface area contributed by atoms with Crippen LogP contribution in [0.5, 0.6) is 0 Å². The molecule has 1 aliphatic carbocycles. The molecule has 3 aromatic rings. The molecule has 2 aromatic heterocycles.